The molecule has 0 unspecified atom stereocenters. The number of unbranched alkanes of at least 4 members (excludes halogenated alkanes) is 2. The Morgan fingerprint density at radius 3 is 1.43 bits per heavy atom. The monoisotopic (exact) mass is 288 g/mol. The van der Waals surface area contributed by atoms with Crippen LogP contribution >= 0.6 is 0 Å². The fourth-order valence-corrected chi connectivity index (χ4v) is 1.74. The molecule has 0 spiro atoms. The van der Waals surface area contributed by atoms with Crippen LogP contribution in [0.5, 0.6) is 0 Å². The van der Waals surface area contributed by atoms with Crippen molar-refractivity contribution in [3.8, 4) is 0 Å². The van der Waals surface area contributed by atoms with E-state index < -0.39 is 0 Å². The minimum atomic E-state index is 0.310. The van der Waals surface area contributed by atoms with Gasteiger partial charge in [0.05, 0.1) is 0 Å². The maximum Gasteiger partial charge on any atom is 0.0431 e. The van der Waals surface area contributed by atoms with Gasteiger partial charge in [0.1, 0.15) is 0 Å². The molecule has 0 heterocycles. The minimum Gasteiger partial charge on any atom is -0.396 e. The van der Waals surface area contributed by atoms with Crippen molar-refractivity contribution in [3.63, 3.8) is 0 Å². The first-order valence-electron chi connectivity index (χ1n) is 8.27. The predicted molar refractivity (Wildman–Crippen MR) is 95.4 cm³/mol. The fraction of sp³-hybridized carbons (Fsp3) is 0.500. The molecule has 118 valence electrons. The molecule has 0 amide bonds. The number of hydrogen-bond donors (Lipinski definition) is 1. The van der Waals surface area contributed by atoms with E-state index >= 15 is 0 Å². The summed E-state index contributed by atoms with van der Waals surface area (Å²) in [6, 6.07) is 0. The van der Waals surface area contributed by atoms with Crippen LogP contribution in [0.15, 0.2) is 60.8 Å². The molecule has 1 heteroatoms. The Hall–Kier alpha value is -1.34. The zero-order valence-corrected chi connectivity index (χ0v) is 13.6. The lowest BCUT2D eigenvalue weighted by Crippen LogP contribution is -1.79. The summed E-state index contributed by atoms with van der Waals surface area (Å²) < 4.78 is 0. The van der Waals surface area contributed by atoms with E-state index in [1.807, 2.05) is 0 Å². The number of allylic oxidation sites excluding steroid dienone is 10. The van der Waals surface area contributed by atoms with Gasteiger partial charge < -0.3 is 5.11 Å². The second-order valence-corrected chi connectivity index (χ2v) is 4.93. The van der Waals surface area contributed by atoms with E-state index in [1.54, 1.807) is 0 Å². The van der Waals surface area contributed by atoms with Gasteiger partial charge in [-0.3, -0.25) is 0 Å². The minimum absolute atomic E-state index is 0.310. The molecule has 1 N–H and O–H groups in total. The molecule has 0 aliphatic carbocycles. The summed E-state index contributed by atoms with van der Waals surface area (Å²) in [5, 5.41) is 8.64. The second kappa shape index (κ2) is 18.7. The molecule has 0 saturated heterocycles. The zero-order chi connectivity index (χ0) is 15.4. The van der Waals surface area contributed by atoms with Crippen molar-refractivity contribution in [1.29, 1.82) is 0 Å². The third-order valence-electron chi connectivity index (χ3n) is 2.94. The predicted octanol–water partition coefficient (Wildman–Crippen LogP) is 5.90. The molecule has 0 aliphatic rings. The van der Waals surface area contributed by atoms with Gasteiger partial charge in [0.15, 0.2) is 0 Å². The van der Waals surface area contributed by atoms with Crippen LogP contribution < -0.4 is 0 Å². The van der Waals surface area contributed by atoms with Crippen molar-refractivity contribution in [2.45, 2.75) is 58.3 Å². The highest BCUT2D eigenvalue weighted by Gasteiger charge is 1.81. The molecule has 21 heavy (non-hydrogen) atoms. The summed E-state index contributed by atoms with van der Waals surface area (Å²) in [5.41, 5.74) is 0. The number of aliphatic hydroxyl groups is 1. The normalized spacial score (nSPS) is 13.0. The smallest absolute Gasteiger partial charge is 0.0431 e. The third-order valence-corrected chi connectivity index (χ3v) is 2.94. The van der Waals surface area contributed by atoms with Crippen molar-refractivity contribution in [2.75, 3.05) is 6.61 Å². The van der Waals surface area contributed by atoms with Crippen molar-refractivity contribution < 1.29 is 5.11 Å². The van der Waals surface area contributed by atoms with Crippen LogP contribution in [-0.2, 0) is 0 Å². The summed E-state index contributed by atoms with van der Waals surface area (Å²) in [6.07, 6.45) is 30.4. The van der Waals surface area contributed by atoms with Gasteiger partial charge in [0.25, 0.3) is 0 Å². The first-order valence-corrected chi connectivity index (χ1v) is 8.27. The summed E-state index contributed by atoms with van der Waals surface area (Å²) in [5.74, 6) is 0. The third kappa shape index (κ3) is 18.7. The Morgan fingerprint density at radius 1 is 0.571 bits per heavy atom. The standard InChI is InChI=1S/C20H32O/c1-2-3-4-5-6-7-8-9-10-11-12-13-14-15-16-17-18-19-20-21/h3-4,6-7,9-10,12-13,15-16,21H,2,5,8,11,14,17-20H2,1H3/b4-3-,7-6-,10-9-,13-12?,16-15?. The lowest BCUT2D eigenvalue weighted by molar-refractivity contribution is 0.285. The van der Waals surface area contributed by atoms with E-state index in [0.29, 0.717) is 6.61 Å². The molecular weight excluding hydrogens is 256 g/mol. The van der Waals surface area contributed by atoms with Crippen molar-refractivity contribution >= 4 is 0 Å². The molecule has 0 rings (SSSR count). The maximum atomic E-state index is 8.64. The van der Waals surface area contributed by atoms with Gasteiger partial charge in [-0.15, -0.1) is 0 Å². The number of aliphatic hydroxyl groups excluding tert-OH is 1. The van der Waals surface area contributed by atoms with Crippen molar-refractivity contribution in [2.24, 2.45) is 0 Å². The molecule has 0 radical (unpaired) electrons. The van der Waals surface area contributed by atoms with E-state index in [2.05, 4.69) is 67.7 Å². The van der Waals surface area contributed by atoms with Gasteiger partial charge in [-0.2, -0.15) is 0 Å². The van der Waals surface area contributed by atoms with Gasteiger partial charge in [0.2, 0.25) is 0 Å². The van der Waals surface area contributed by atoms with Gasteiger partial charge in [-0.05, 0) is 51.4 Å². The molecule has 0 aromatic rings. The average Bonchev–Trinajstić information content (AvgIpc) is 2.50. The highest BCUT2D eigenvalue weighted by atomic mass is 16.2. The van der Waals surface area contributed by atoms with Gasteiger partial charge >= 0.3 is 0 Å². The molecule has 0 atom stereocenters. The topological polar surface area (TPSA) is 20.2 Å². The van der Waals surface area contributed by atoms with E-state index in [0.717, 1.165) is 51.4 Å². The number of rotatable bonds is 13. The Bertz CT molecular complexity index is 332. The zero-order valence-electron chi connectivity index (χ0n) is 13.6. The lowest BCUT2D eigenvalue weighted by atomic mass is 10.2. The Kier molecular flexibility index (Phi) is 17.5. The first-order chi connectivity index (χ1) is 10.4. The molecule has 0 fully saturated rings. The van der Waals surface area contributed by atoms with E-state index in [9.17, 15) is 0 Å². The Labute approximate surface area is 131 Å². The maximum absolute atomic E-state index is 8.64. The van der Waals surface area contributed by atoms with Crippen LogP contribution in [0.2, 0.25) is 0 Å². The lowest BCUT2D eigenvalue weighted by Gasteiger charge is -1.90. The highest BCUT2D eigenvalue weighted by Crippen LogP contribution is 1.98. The largest absolute Gasteiger partial charge is 0.396 e. The van der Waals surface area contributed by atoms with Crippen molar-refractivity contribution in [3.05, 3.63) is 60.8 Å². The van der Waals surface area contributed by atoms with Crippen LogP contribution in [0.25, 0.3) is 0 Å². The quantitative estimate of drug-likeness (QED) is 0.330. The first kappa shape index (κ1) is 19.7. The summed E-state index contributed by atoms with van der Waals surface area (Å²) >= 11 is 0. The van der Waals surface area contributed by atoms with Gasteiger partial charge in [-0.25, -0.2) is 0 Å². The SMILES string of the molecule is CC/C=C\C/C=C\C/C=C\CC=CCC=CCCCCO. The summed E-state index contributed by atoms with van der Waals surface area (Å²) in [6.45, 7) is 2.47. The molecule has 0 saturated carbocycles. The van der Waals surface area contributed by atoms with Crippen LogP contribution in [0, 0.1) is 0 Å². The van der Waals surface area contributed by atoms with E-state index in [1.165, 1.54) is 0 Å². The Balaban J connectivity index is 3.41. The molecule has 0 aliphatic heterocycles. The average molecular weight is 288 g/mol. The van der Waals surface area contributed by atoms with Crippen molar-refractivity contribution in [1.82, 2.24) is 0 Å². The van der Waals surface area contributed by atoms with Crippen LogP contribution in [0.1, 0.15) is 58.3 Å². The fourth-order valence-electron chi connectivity index (χ4n) is 1.74. The van der Waals surface area contributed by atoms with Crippen LogP contribution in [0.4, 0.5) is 0 Å². The van der Waals surface area contributed by atoms with Crippen LogP contribution in [0.3, 0.4) is 0 Å². The molecular formula is C20H32O. The molecule has 0 aromatic carbocycles. The second-order valence-electron chi connectivity index (χ2n) is 4.93. The van der Waals surface area contributed by atoms with E-state index in [-0.39, 0.29) is 0 Å². The van der Waals surface area contributed by atoms with E-state index in [4.69, 9.17) is 5.11 Å². The molecule has 0 bridgehead atoms. The summed E-state index contributed by atoms with van der Waals surface area (Å²) in [4.78, 5) is 0. The van der Waals surface area contributed by atoms with Gasteiger partial charge in [0, 0.05) is 6.61 Å². The molecule has 0 aromatic heterocycles. The molecule has 1 nitrogen and oxygen atoms in total. The van der Waals surface area contributed by atoms with Crippen LogP contribution in [-0.4, -0.2) is 11.7 Å². The summed E-state index contributed by atoms with van der Waals surface area (Å²) in [7, 11) is 0. The highest BCUT2D eigenvalue weighted by molar-refractivity contribution is 5.00. The Morgan fingerprint density at radius 2 is 1.00 bits per heavy atom. The number of hydrogen-bond acceptors (Lipinski definition) is 1. The van der Waals surface area contributed by atoms with Gasteiger partial charge in [-0.1, -0.05) is 67.7 Å².